The summed E-state index contributed by atoms with van der Waals surface area (Å²) >= 11 is 6.15. The summed E-state index contributed by atoms with van der Waals surface area (Å²) in [6.07, 6.45) is 8.15. The summed E-state index contributed by atoms with van der Waals surface area (Å²) < 4.78 is 1.77. The molecule has 3 nitrogen and oxygen atoms in total. The van der Waals surface area contributed by atoms with E-state index in [1.54, 1.807) is 10.9 Å². The minimum absolute atomic E-state index is 0.146. The normalized spacial score (nSPS) is 23.5. The summed E-state index contributed by atoms with van der Waals surface area (Å²) in [6.45, 7) is 5.08. The molecule has 19 heavy (non-hydrogen) atoms. The third-order valence-corrected chi connectivity index (χ3v) is 4.54. The maximum atomic E-state index is 12.6. The van der Waals surface area contributed by atoms with E-state index < -0.39 is 0 Å². The van der Waals surface area contributed by atoms with E-state index in [4.69, 9.17) is 11.6 Å². The van der Waals surface area contributed by atoms with E-state index in [1.807, 2.05) is 0 Å². The van der Waals surface area contributed by atoms with Gasteiger partial charge in [-0.2, -0.15) is 5.10 Å². The average Bonchev–Trinajstić information content (AvgIpc) is 2.80. The van der Waals surface area contributed by atoms with Gasteiger partial charge >= 0.3 is 0 Å². The lowest BCUT2D eigenvalue weighted by molar-refractivity contribution is 0.0859. The summed E-state index contributed by atoms with van der Waals surface area (Å²) in [5.74, 6) is 1.15. The molecule has 0 atom stereocenters. The Labute approximate surface area is 120 Å². The predicted molar refractivity (Wildman–Crippen MR) is 77.6 cm³/mol. The van der Waals surface area contributed by atoms with Crippen molar-refractivity contribution in [3.8, 4) is 0 Å². The Morgan fingerprint density at radius 1 is 1.37 bits per heavy atom. The summed E-state index contributed by atoms with van der Waals surface area (Å²) in [6, 6.07) is 0. The van der Waals surface area contributed by atoms with Crippen LogP contribution in [-0.4, -0.2) is 15.6 Å². The van der Waals surface area contributed by atoms with Crippen LogP contribution in [0.2, 0.25) is 5.02 Å². The molecular formula is C15H23ClN2O. The molecule has 0 bridgehead atoms. The van der Waals surface area contributed by atoms with Crippen molar-refractivity contribution >= 4 is 17.4 Å². The molecule has 1 aromatic rings. The fourth-order valence-corrected chi connectivity index (χ4v) is 3.25. The van der Waals surface area contributed by atoms with E-state index in [1.165, 1.54) is 19.3 Å². The molecule has 1 aliphatic rings. The first-order valence-electron chi connectivity index (χ1n) is 7.42. The van der Waals surface area contributed by atoms with Gasteiger partial charge in [-0.1, -0.05) is 31.9 Å². The van der Waals surface area contributed by atoms with Crippen molar-refractivity contribution in [3.05, 3.63) is 16.9 Å². The van der Waals surface area contributed by atoms with Crippen LogP contribution >= 0.6 is 11.6 Å². The molecule has 1 aliphatic carbocycles. The number of nitrogens with zero attached hydrogens (tertiary/aromatic N) is 2. The zero-order valence-electron chi connectivity index (χ0n) is 11.9. The van der Waals surface area contributed by atoms with Crippen LogP contribution in [0.5, 0.6) is 0 Å². The molecule has 1 fully saturated rings. The number of halogens is 1. The molecule has 1 heterocycles. The number of Topliss-reactive ketones (excluding diaryl/α,β-unsaturated/α-hetero) is 1. The third kappa shape index (κ3) is 3.19. The molecule has 0 unspecified atom stereocenters. The average molecular weight is 283 g/mol. The van der Waals surface area contributed by atoms with Crippen LogP contribution in [0, 0.1) is 11.8 Å². The Morgan fingerprint density at radius 3 is 2.63 bits per heavy atom. The van der Waals surface area contributed by atoms with E-state index in [2.05, 4.69) is 18.9 Å². The molecule has 0 spiro atoms. The Morgan fingerprint density at radius 2 is 2.05 bits per heavy atom. The molecule has 4 heteroatoms. The largest absolute Gasteiger partial charge is 0.292 e. The van der Waals surface area contributed by atoms with Gasteiger partial charge in [-0.25, -0.2) is 0 Å². The topological polar surface area (TPSA) is 34.9 Å². The second-order valence-electron chi connectivity index (χ2n) is 5.55. The highest BCUT2D eigenvalue weighted by Gasteiger charge is 2.29. The maximum Gasteiger partial charge on any atom is 0.185 e. The van der Waals surface area contributed by atoms with Crippen molar-refractivity contribution in [2.75, 3.05) is 0 Å². The smallest absolute Gasteiger partial charge is 0.185 e. The quantitative estimate of drug-likeness (QED) is 0.753. The SMILES string of the molecule is CCCn1ncc(Cl)c1C(=O)C1CCC(CC)CC1. The number of hydrogen-bond donors (Lipinski definition) is 0. The first-order chi connectivity index (χ1) is 9.17. The first-order valence-corrected chi connectivity index (χ1v) is 7.80. The fourth-order valence-electron chi connectivity index (χ4n) is 3.02. The van der Waals surface area contributed by atoms with Crippen LogP contribution in [0.3, 0.4) is 0 Å². The van der Waals surface area contributed by atoms with Crippen molar-refractivity contribution in [2.24, 2.45) is 11.8 Å². The summed E-state index contributed by atoms with van der Waals surface area (Å²) in [5, 5.41) is 4.73. The van der Waals surface area contributed by atoms with Gasteiger partial charge in [0.05, 0.1) is 11.2 Å². The van der Waals surface area contributed by atoms with Gasteiger partial charge in [0.15, 0.2) is 5.78 Å². The van der Waals surface area contributed by atoms with Crippen molar-refractivity contribution in [2.45, 2.75) is 58.9 Å². The van der Waals surface area contributed by atoms with Gasteiger partial charge in [0.1, 0.15) is 5.69 Å². The van der Waals surface area contributed by atoms with Crippen molar-refractivity contribution in [1.82, 2.24) is 9.78 Å². The second kappa shape index (κ2) is 6.56. The van der Waals surface area contributed by atoms with Crippen molar-refractivity contribution < 1.29 is 4.79 Å². The van der Waals surface area contributed by atoms with E-state index in [0.29, 0.717) is 10.7 Å². The number of carbonyl (C=O) groups is 1. The first kappa shape index (κ1) is 14.6. The molecule has 0 aromatic carbocycles. The minimum atomic E-state index is 0.146. The summed E-state index contributed by atoms with van der Waals surface area (Å²) in [7, 11) is 0. The molecule has 0 saturated heterocycles. The van der Waals surface area contributed by atoms with Crippen LogP contribution in [0.15, 0.2) is 6.20 Å². The molecule has 0 radical (unpaired) electrons. The molecule has 0 aliphatic heterocycles. The Hall–Kier alpha value is -0.830. The number of hydrogen-bond acceptors (Lipinski definition) is 2. The van der Waals surface area contributed by atoms with Crippen LogP contribution in [0.4, 0.5) is 0 Å². The van der Waals surface area contributed by atoms with Crippen LogP contribution in [0.1, 0.15) is 62.9 Å². The van der Waals surface area contributed by atoms with E-state index in [-0.39, 0.29) is 11.7 Å². The number of carbonyl (C=O) groups excluding carboxylic acids is 1. The van der Waals surface area contributed by atoms with E-state index >= 15 is 0 Å². The Bertz CT molecular complexity index is 433. The lowest BCUT2D eigenvalue weighted by Gasteiger charge is -2.26. The highest BCUT2D eigenvalue weighted by Crippen LogP contribution is 2.33. The number of aromatic nitrogens is 2. The molecule has 0 amide bonds. The lowest BCUT2D eigenvalue weighted by atomic mass is 9.78. The van der Waals surface area contributed by atoms with Gasteiger partial charge in [-0.3, -0.25) is 9.48 Å². The third-order valence-electron chi connectivity index (χ3n) is 4.26. The molecule has 1 aromatic heterocycles. The Balaban J connectivity index is 2.09. The van der Waals surface area contributed by atoms with Crippen LogP contribution < -0.4 is 0 Å². The summed E-state index contributed by atoms with van der Waals surface area (Å²) in [5.41, 5.74) is 0.628. The predicted octanol–water partition coefficient (Wildman–Crippen LogP) is 4.35. The number of aryl methyl sites for hydroxylation is 1. The zero-order chi connectivity index (χ0) is 13.8. The van der Waals surface area contributed by atoms with Crippen LogP contribution in [-0.2, 0) is 6.54 Å². The Kier molecular flexibility index (Phi) is 5.03. The molecule has 2 rings (SSSR count). The standard InChI is InChI=1S/C15H23ClN2O/c1-3-9-18-14(13(16)10-17-18)15(19)12-7-5-11(4-2)6-8-12/h10-12H,3-9H2,1-2H3. The number of rotatable bonds is 5. The second-order valence-corrected chi connectivity index (χ2v) is 5.96. The fraction of sp³-hybridized carbons (Fsp3) is 0.733. The zero-order valence-corrected chi connectivity index (χ0v) is 12.6. The monoisotopic (exact) mass is 282 g/mol. The van der Waals surface area contributed by atoms with Gasteiger partial charge in [-0.15, -0.1) is 0 Å². The van der Waals surface area contributed by atoms with Gasteiger partial charge in [0, 0.05) is 12.5 Å². The minimum Gasteiger partial charge on any atom is -0.292 e. The highest BCUT2D eigenvalue weighted by molar-refractivity contribution is 6.33. The highest BCUT2D eigenvalue weighted by atomic mass is 35.5. The molecule has 0 N–H and O–H groups in total. The molecule has 106 valence electrons. The van der Waals surface area contributed by atoms with Crippen molar-refractivity contribution in [3.63, 3.8) is 0 Å². The van der Waals surface area contributed by atoms with Crippen LogP contribution in [0.25, 0.3) is 0 Å². The van der Waals surface area contributed by atoms with E-state index in [9.17, 15) is 4.79 Å². The molecular weight excluding hydrogens is 260 g/mol. The number of ketones is 1. The maximum absolute atomic E-state index is 12.6. The lowest BCUT2D eigenvalue weighted by Crippen LogP contribution is -2.24. The van der Waals surface area contributed by atoms with Crippen molar-refractivity contribution in [1.29, 1.82) is 0 Å². The summed E-state index contributed by atoms with van der Waals surface area (Å²) in [4.78, 5) is 12.6. The van der Waals surface area contributed by atoms with Gasteiger partial charge in [0.2, 0.25) is 0 Å². The van der Waals surface area contributed by atoms with Gasteiger partial charge < -0.3 is 0 Å². The van der Waals surface area contributed by atoms with E-state index in [0.717, 1.165) is 31.7 Å². The molecule has 1 saturated carbocycles. The van der Waals surface area contributed by atoms with Gasteiger partial charge in [0.25, 0.3) is 0 Å². The van der Waals surface area contributed by atoms with Gasteiger partial charge in [-0.05, 0) is 38.0 Å².